The van der Waals surface area contributed by atoms with Crippen molar-refractivity contribution in [1.29, 1.82) is 0 Å². The Morgan fingerprint density at radius 1 is 1.05 bits per heavy atom. The molecule has 1 saturated carbocycles. The molecule has 0 radical (unpaired) electrons. The summed E-state index contributed by atoms with van der Waals surface area (Å²) < 4.78 is 5.74. The molecule has 0 atom stereocenters. The van der Waals surface area contributed by atoms with Gasteiger partial charge in [-0.2, -0.15) is 0 Å². The van der Waals surface area contributed by atoms with Gasteiger partial charge in [0.2, 0.25) is 5.91 Å². The average molecular weight is 267 g/mol. The van der Waals surface area contributed by atoms with E-state index in [0.29, 0.717) is 0 Å². The highest BCUT2D eigenvalue weighted by Gasteiger charge is 2.32. The zero-order valence-electron chi connectivity index (χ0n) is 11.6. The van der Waals surface area contributed by atoms with Gasteiger partial charge in [-0.3, -0.25) is 9.69 Å². The van der Waals surface area contributed by atoms with Gasteiger partial charge in [-0.15, -0.1) is 0 Å². The Bertz CT molecular complexity index is 306. The second-order valence-corrected chi connectivity index (χ2v) is 5.91. The van der Waals surface area contributed by atoms with Crippen molar-refractivity contribution in [2.45, 2.75) is 37.8 Å². The zero-order chi connectivity index (χ0) is 13.1. The van der Waals surface area contributed by atoms with Gasteiger partial charge < -0.3 is 15.0 Å². The van der Waals surface area contributed by atoms with E-state index in [1.165, 1.54) is 12.8 Å². The molecule has 0 spiro atoms. The van der Waals surface area contributed by atoms with Gasteiger partial charge in [-0.05, 0) is 38.8 Å². The van der Waals surface area contributed by atoms with Crippen LogP contribution in [-0.2, 0) is 9.53 Å². The molecule has 19 heavy (non-hydrogen) atoms. The van der Waals surface area contributed by atoms with Crippen LogP contribution in [0.15, 0.2) is 0 Å². The maximum Gasteiger partial charge on any atom is 0.248 e. The SMILES string of the molecule is O=C(COC1CCNCC1)N1CCN(C2CC2)CC1. The van der Waals surface area contributed by atoms with Crippen LogP contribution < -0.4 is 5.32 Å². The van der Waals surface area contributed by atoms with Crippen LogP contribution in [0, 0.1) is 0 Å². The Morgan fingerprint density at radius 2 is 1.74 bits per heavy atom. The molecule has 108 valence electrons. The molecule has 1 aliphatic carbocycles. The third kappa shape index (κ3) is 3.68. The Hall–Kier alpha value is -0.650. The lowest BCUT2D eigenvalue weighted by Gasteiger charge is -2.35. The van der Waals surface area contributed by atoms with Gasteiger partial charge in [0.15, 0.2) is 0 Å². The van der Waals surface area contributed by atoms with Crippen molar-refractivity contribution in [3.63, 3.8) is 0 Å². The van der Waals surface area contributed by atoms with E-state index in [0.717, 1.165) is 58.2 Å². The molecule has 2 aliphatic heterocycles. The topological polar surface area (TPSA) is 44.8 Å². The lowest BCUT2D eigenvalue weighted by atomic mass is 10.1. The Balaban J connectivity index is 1.35. The molecule has 0 aromatic carbocycles. The smallest absolute Gasteiger partial charge is 0.248 e. The van der Waals surface area contributed by atoms with E-state index in [1.54, 1.807) is 0 Å². The van der Waals surface area contributed by atoms with Crippen molar-refractivity contribution in [2.24, 2.45) is 0 Å². The van der Waals surface area contributed by atoms with Gasteiger partial charge in [-0.25, -0.2) is 0 Å². The number of ether oxygens (including phenoxy) is 1. The predicted molar refractivity (Wildman–Crippen MR) is 73.0 cm³/mol. The molecular formula is C14H25N3O2. The number of hydrogen-bond acceptors (Lipinski definition) is 4. The first-order valence-electron chi connectivity index (χ1n) is 7.67. The lowest BCUT2D eigenvalue weighted by molar-refractivity contribution is -0.140. The molecular weight excluding hydrogens is 242 g/mol. The normalized spacial score (nSPS) is 26.6. The van der Waals surface area contributed by atoms with Gasteiger partial charge in [0, 0.05) is 32.2 Å². The number of hydrogen-bond donors (Lipinski definition) is 1. The van der Waals surface area contributed by atoms with E-state index in [-0.39, 0.29) is 18.6 Å². The van der Waals surface area contributed by atoms with Gasteiger partial charge >= 0.3 is 0 Å². The van der Waals surface area contributed by atoms with Crippen LogP contribution in [0.2, 0.25) is 0 Å². The van der Waals surface area contributed by atoms with E-state index in [9.17, 15) is 4.79 Å². The van der Waals surface area contributed by atoms with E-state index in [2.05, 4.69) is 10.2 Å². The van der Waals surface area contributed by atoms with Crippen LogP contribution in [0.1, 0.15) is 25.7 Å². The number of nitrogens with one attached hydrogen (secondary N) is 1. The summed E-state index contributed by atoms with van der Waals surface area (Å²) in [5.74, 6) is 0.175. The number of piperidine rings is 1. The number of piperazine rings is 1. The molecule has 0 aromatic heterocycles. The number of rotatable bonds is 4. The monoisotopic (exact) mass is 267 g/mol. The largest absolute Gasteiger partial charge is 0.368 e. The van der Waals surface area contributed by atoms with E-state index in [1.807, 2.05) is 4.90 Å². The lowest BCUT2D eigenvalue weighted by Crippen LogP contribution is -2.50. The minimum atomic E-state index is 0.175. The molecule has 3 fully saturated rings. The number of nitrogens with zero attached hydrogens (tertiary/aromatic N) is 2. The van der Waals surface area contributed by atoms with Crippen LogP contribution >= 0.6 is 0 Å². The Kier molecular flexibility index (Phi) is 4.35. The molecule has 0 unspecified atom stereocenters. The highest BCUT2D eigenvalue weighted by molar-refractivity contribution is 5.77. The van der Waals surface area contributed by atoms with Crippen LogP contribution in [-0.4, -0.2) is 73.7 Å². The molecule has 1 N–H and O–H groups in total. The van der Waals surface area contributed by atoms with Crippen molar-refractivity contribution in [1.82, 2.24) is 15.1 Å². The second kappa shape index (κ2) is 6.20. The van der Waals surface area contributed by atoms with Crippen molar-refractivity contribution in [3.8, 4) is 0 Å². The summed E-state index contributed by atoms with van der Waals surface area (Å²) in [6.07, 6.45) is 5.04. The molecule has 1 amide bonds. The van der Waals surface area contributed by atoms with Gasteiger partial charge in [0.1, 0.15) is 6.61 Å². The summed E-state index contributed by atoms with van der Waals surface area (Å²) in [5, 5.41) is 3.31. The molecule has 2 saturated heterocycles. The van der Waals surface area contributed by atoms with Crippen LogP contribution in [0.25, 0.3) is 0 Å². The summed E-state index contributed by atoms with van der Waals surface area (Å²) in [5.41, 5.74) is 0. The van der Waals surface area contributed by atoms with Crippen molar-refractivity contribution in [2.75, 3.05) is 45.9 Å². The quantitative estimate of drug-likeness (QED) is 0.782. The predicted octanol–water partition coefficient (Wildman–Crippen LogP) is 0.0616. The minimum absolute atomic E-state index is 0.175. The number of carbonyl (C=O) groups is 1. The molecule has 3 aliphatic rings. The first-order valence-corrected chi connectivity index (χ1v) is 7.67. The van der Waals surface area contributed by atoms with E-state index < -0.39 is 0 Å². The second-order valence-electron chi connectivity index (χ2n) is 5.91. The molecule has 0 aromatic rings. The van der Waals surface area contributed by atoms with Crippen LogP contribution in [0.3, 0.4) is 0 Å². The third-order valence-corrected chi connectivity index (χ3v) is 4.46. The summed E-state index contributed by atoms with van der Waals surface area (Å²) >= 11 is 0. The molecule has 2 heterocycles. The summed E-state index contributed by atoms with van der Waals surface area (Å²) in [6, 6.07) is 0.822. The maximum absolute atomic E-state index is 12.1. The zero-order valence-corrected chi connectivity index (χ0v) is 11.6. The van der Waals surface area contributed by atoms with Gasteiger partial charge in [0.25, 0.3) is 0 Å². The third-order valence-electron chi connectivity index (χ3n) is 4.46. The molecule has 3 rings (SSSR count). The van der Waals surface area contributed by atoms with Crippen LogP contribution in [0.4, 0.5) is 0 Å². The standard InChI is InChI=1S/C14H25N3O2/c18-14(11-19-13-3-5-15-6-4-13)17-9-7-16(8-10-17)12-1-2-12/h12-13,15H,1-11H2. The number of carbonyl (C=O) groups excluding carboxylic acids is 1. The van der Waals surface area contributed by atoms with Gasteiger partial charge in [-0.1, -0.05) is 0 Å². The fourth-order valence-corrected chi connectivity index (χ4v) is 3.02. The molecule has 5 nitrogen and oxygen atoms in total. The highest BCUT2D eigenvalue weighted by atomic mass is 16.5. The van der Waals surface area contributed by atoms with Gasteiger partial charge in [0.05, 0.1) is 6.10 Å². The maximum atomic E-state index is 12.1. The average Bonchev–Trinajstić information content (AvgIpc) is 3.31. The minimum Gasteiger partial charge on any atom is -0.368 e. The van der Waals surface area contributed by atoms with Crippen LogP contribution in [0.5, 0.6) is 0 Å². The first-order chi connectivity index (χ1) is 9.33. The van der Waals surface area contributed by atoms with Crippen molar-refractivity contribution in [3.05, 3.63) is 0 Å². The molecule has 5 heteroatoms. The fraction of sp³-hybridized carbons (Fsp3) is 0.929. The first kappa shape index (κ1) is 13.3. The van der Waals surface area contributed by atoms with Crippen molar-refractivity contribution >= 4 is 5.91 Å². The summed E-state index contributed by atoms with van der Waals surface area (Å²) in [7, 11) is 0. The fourth-order valence-electron chi connectivity index (χ4n) is 3.02. The summed E-state index contributed by atoms with van der Waals surface area (Å²) in [6.45, 7) is 6.15. The Labute approximate surface area is 115 Å². The highest BCUT2D eigenvalue weighted by Crippen LogP contribution is 2.27. The van der Waals surface area contributed by atoms with E-state index >= 15 is 0 Å². The summed E-state index contributed by atoms with van der Waals surface area (Å²) in [4.78, 5) is 16.6. The Morgan fingerprint density at radius 3 is 2.37 bits per heavy atom. The number of amides is 1. The molecule has 0 bridgehead atoms. The van der Waals surface area contributed by atoms with E-state index in [4.69, 9.17) is 4.74 Å². The van der Waals surface area contributed by atoms with Crippen molar-refractivity contribution < 1.29 is 9.53 Å².